The number of pyridine rings is 1. The average molecular weight is 388 g/mol. The summed E-state index contributed by atoms with van der Waals surface area (Å²) in [5.74, 6) is 1.17. The van der Waals surface area contributed by atoms with Gasteiger partial charge in [-0.25, -0.2) is 13.4 Å². The van der Waals surface area contributed by atoms with Crippen LogP contribution in [0.1, 0.15) is 63.9 Å². The zero-order chi connectivity index (χ0) is 19.3. The molecule has 5 nitrogen and oxygen atoms in total. The minimum Gasteiger partial charge on any atom is -0.367 e. The third-order valence-corrected chi connectivity index (χ3v) is 6.48. The second-order valence-electron chi connectivity index (χ2n) is 7.59. The maximum atomic E-state index is 12.6. The van der Waals surface area contributed by atoms with Gasteiger partial charge in [-0.05, 0) is 48.6 Å². The summed E-state index contributed by atoms with van der Waals surface area (Å²) in [7, 11) is -3.61. The number of hydrogen-bond acceptors (Lipinski definition) is 4. The van der Waals surface area contributed by atoms with Crippen molar-refractivity contribution in [3.63, 3.8) is 0 Å². The lowest BCUT2D eigenvalue weighted by Gasteiger charge is -2.17. The first-order valence-corrected chi connectivity index (χ1v) is 11.3. The first kappa shape index (κ1) is 19.7. The van der Waals surface area contributed by atoms with Gasteiger partial charge in [0.25, 0.3) is 10.0 Å². The second-order valence-corrected chi connectivity index (χ2v) is 9.28. The van der Waals surface area contributed by atoms with E-state index < -0.39 is 10.0 Å². The minimum absolute atomic E-state index is 0.257. The molecule has 1 fully saturated rings. The Balaban J connectivity index is 1.64. The van der Waals surface area contributed by atoms with Crippen LogP contribution in [-0.4, -0.2) is 19.4 Å². The minimum atomic E-state index is -3.61. The van der Waals surface area contributed by atoms with E-state index >= 15 is 0 Å². The summed E-state index contributed by atoms with van der Waals surface area (Å²) >= 11 is 0. The normalized spacial score (nSPS) is 16.1. The Morgan fingerprint density at radius 2 is 1.63 bits per heavy atom. The summed E-state index contributed by atoms with van der Waals surface area (Å²) in [6, 6.07) is 11.1. The number of nitrogens with one attached hydrogen (secondary N) is 2. The highest BCUT2D eigenvalue weighted by Gasteiger charge is 2.16. The molecule has 2 N–H and O–H groups in total. The Kier molecular flexibility index (Phi) is 6.37. The molecule has 0 spiro atoms. The molecule has 3 rings (SSSR count). The molecule has 2 aromatic rings. The van der Waals surface area contributed by atoms with Gasteiger partial charge in [0.2, 0.25) is 0 Å². The van der Waals surface area contributed by atoms with Crippen LogP contribution in [0.3, 0.4) is 0 Å². The van der Waals surface area contributed by atoms with Crippen LogP contribution in [0.15, 0.2) is 47.5 Å². The van der Waals surface area contributed by atoms with Gasteiger partial charge in [-0.15, -0.1) is 0 Å². The molecule has 0 atom stereocenters. The molecule has 1 aromatic carbocycles. The van der Waals surface area contributed by atoms with Crippen molar-refractivity contribution in [1.82, 2.24) is 4.98 Å². The number of nitrogens with zero attached hydrogens (tertiary/aromatic N) is 1. The molecular weight excluding hydrogens is 358 g/mol. The Hall–Kier alpha value is -2.08. The van der Waals surface area contributed by atoms with Crippen LogP contribution < -0.4 is 10.0 Å². The van der Waals surface area contributed by atoms with Crippen LogP contribution in [0.5, 0.6) is 0 Å². The molecule has 1 saturated carbocycles. The number of sulfonamides is 1. The molecule has 0 aliphatic heterocycles. The van der Waals surface area contributed by atoms with Crippen molar-refractivity contribution in [2.24, 2.45) is 0 Å². The monoisotopic (exact) mass is 387 g/mol. The van der Waals surface area contributed by atoms with E-state index in [9.17, 15) is 8.42 Å². The smallest absolute Gasteiger partial charge is 0.261 e. The topological polar surface area (TPSA) is 71.1 Å². The Morgan fingerprint density at radius 1 is 0.963 bits per heavy atom. The number of rotatable bonds is 6. The van der Waals surface area contributed by atoms with Gasteiger partial charge in [-0.1, -0.05) is 51.7 Å². The summed E-state index contributed by atoms with van der Waals surface area (Å²) in [6.07, 6.45) is 9.04. The van der Waals surface area contributed by atoms with Gasteiger partial charge >= 0.3 is 0 Å². The summed E-state index contributed by atoms with van der Waals surface area (Å²) in [4.78, 5) is 4.64. The lowest BCUT2D eigenvalue weighted by molar-refractivity contribution is 0.601. The first-order valence-electron chi connectivity index (χ1n) is 9.79. The van der Waals surface area contributed by atoms with Gasteiger partial charge < -0.3 is 5.32 Å². The zero-order valence-corrected chi connectivity index (χ0v) is 16.9. The fraction of sp³-hybridized carbons (Fsp3) is 0.476. The van der Waals surface area contributed by atoms with Crippen molar-refractivity contribution in [1.29, 1.82) is 0 Å². The van der Waals surface area contributed by atoms with E-state index in [1.54, 1.807) is 24.4 Å². The van der Waals surface area contributed by atoms with E-state index in [4.69, 9.17) is 0 Å². The highest BCUT2D eigenvalue weighted by molar-refractivity contribution is 7.92. The summed E-state index contributed by atoms with van der Waals surface area (Å²) in [5, 5.41) is 3.47. The average Bonchev–Trinajstić information content (AvgIpc) is 2.92. The van der Waals surface area contributed by atoms with Gasteiger partial charge in [0.15, 0.2) is 0 Å². The molecule has 0 unspecified atom stereocenters. The summed E-state index contributed by atoms with van der Waals surface area (Å²) in [6.45, 7) is 4.16. The first-order chi connectivity index (χ1) is 12.9. The van der Waals surface area contributed by atoms with E-state index in [0.717, 1.165) is 11.4 Å². The Labute approximate surface area is 162 Å². The highest BCUT2D eigenvalue weighted by Crippen LogP contribution is 2.22. The molecule has 0 amide bonds. The van der Waals surface area contributed by atoms with Gasteiger partial charge in [0.05, 0.1) is 16.8 Å². The predicted molar refractivity (Wildman–Crippen MR) is 111 cm³/mol. The Bertz CT molecular complexity index is 823. The van der Waals surface area contributed by atoms with E-state index in [2.05, 4.69) is 28.9 Å². The zero-order valence-electron chi connectivity index (χ0n) is 16.1. The molecule has 1 heterocycles. The molecule has 1 aliphatic rings. The molecule has 1 aliphatic carbocycles. The molecule has 6 heteroatoms. The predicted octanol–water partition coefficient (Wildman–Crippen LogP) is 5.14. The molecule has 0 radical (unpaired) electrons. The number of hydrogen-bond donors (Lipinski definition) is 2. The van der Waals surface area contributed by atoms with Crippen molar-refractivity contribution in [3.05, 3.63) is 48.2 Å². The van der Waals surface area contributed by atoms with E-state index in [-0.39, 0.29) is 4.90 Å². The van der Waals surface area contributed by atoms with Crippen LogP contribution in [-0.2, 0) is 10.0 Å². The number of aromatic nitrogens is 1. The van der Waals surface area contributed by atoms with Gasteiger partial charge in [-0.2, -0.15) is 0 Å². The van der Waals surface area contributed by atoms with Crippen LogP contribution in [0, 0.1) is 0 Å². The Morgan fingerprint density at radius 3 is 2.19 bits per heavy atom. The van der Waals surface area contributed by atoms with Gasteiger partial charge in [0.1, 0.15) is 5.82 Å². The molecular formula is C21H29N3O2S. The lowest BCUT2D eigenvalue weighted by Crippen LogP contribution is -2.19. The molecule has 0 bridgehead atoms. The number of anilines is 2. The third kappa shape index (κ3) is 5.45. The van der Waals surface area contributed by atoms with Crippen molar-refractivity contribution < 1.29 is 8.42 Å². The molecule has 0 saturated heterocycles. The van der Waals surface area contributed by atoms with Crippen molar-refractivity contribution in [3.8, 4) is 0 Å². The molecule has 1 aromatic heterocycles. The molecule has 27 heavy (non-hydrogen) atoms. The molecule has 146 valence electrons. The fourth-order valence-electron chi connectivity index (χ4n) is 3.42. The fourth-order valence-corrected chi connectivity index (χ4v) is 4.46. The van der Waals surface area contributed by atoms with Gasteiger partial charge in [-0.3, -0.25) is 4.72 Å². The maximum absolute atomic E-state index is 12.6. The van der Waals surface area contributed by atoms with Crippen molar-refractivity contribution in [2.75, 3.05) is 10.0 Å². The quantitative estimate of drug-likeness (QED) is 0.673. The largest absolute Gasteiger partial charge is 0.367 e. The highest BCUT2D eigenvalue weighted by atomic mass is 32.2. The van der Waals surface area contributed by atoms with Crippen LogP contribution in [0.4, 0.5) is 11.5 Å². The van der Waals surface area contributed by atoms with Crippen molar-refractivity contribution in [2.45, 2.75) is 69.2 Å². The van der Waals surface area contributed by atoms with E-state index in [1.165, 1.54) is 38.5 Å². The lowest BCUT2D eigenvalue weighted by atomic mass is 10.0. The van der Waals surface area contributed by atoms with Crippen molar-refractivity contribution >= 4 is 21.5 Å². The van der Waals surface area contributed by atoms with Crippen LogP contribution in [0.2, 0.25) is 0 Å². The summed E-state index contributed by atoms with van der Waals surface area (Å²) in [5.41, 5.74) is 1.58. The standard InChI is InChI=1S/C21H29N3O2S/c1-16(2)17-9-12-20(13-10-17)27(25,26)24-19-11-14-21(22-15-19)23-18-7-5-3-4-6-8-18/h9-16,18,24H,3-8H2,1-2H3,(H,22,23). The SMILES string of the molecule is CC(C)c1ccc(S(=O)(=O)Nc2ccc(NC3CCCCCC3)nc2)cc1. The van der Waals surface area contributed by atoms with E-state index in [1.807, 2.05) is 18.2 Å². The van der Waals surface area contributed by atoms with Crippen LogP contribution in [0.25, 0.3) is 0 Å². The van der Waals surface area contributed by atoms with Crippen LogP contribution >= 0.6 is 0 Å². The van der Waals surface area contributed by atoms with Gasteiger partial charge in [0, 0.05) is 6.04 Å². The summed E-state index contributed by atoms with van der Waals surface area (Å²) < 4.78 is 27.7. The maximum Gasteiger partial charge on any atom is 0.261 e. The van der Waals surface area contributed by atoms with E-state index in [0.29, 0.717) is 17.6 Å². The number of benzene rings is 1. The third-order valence-electron chi connectivity index (χ3n) is 5.08. The second kappa shape index (κ2) is 8.74.